The Kier molecular flexibility index (Phi) is 13.4. The number of aliphatic carboxylic acids is 1. The second-order valence-electron chi connectivity index (χ2n) is 8.78. The zero-order chi connectivity index (χ0) is 27.3. The smallest absolute Gasteiger partial charge is 0.326 e. The normalized spacial score (nSPS) is 15.1. The highest BCUT2D eigenvalue weighted by atomic mass is 16.4. The number of unbranched alkanes of at least 4 members (excludes halogenated alkanes) is 1. The quantitative estimate of drug-likeness (QED) is 0.128. The zero-order valence-corrected chi connectivity index (χ0v) is 20.8. The predicted molar refractivity (Wildman–Crippen MR) is 133 cm³/mol. The van der Waals surface area contributed by atoms with Gasteiger partial charge in [0.2, 0.25) is 17.7 Å². The molecule has 3 amide bonds. The first kappa shape index (κ1) is 30.8. The predicted octanol–water partition coefficient (Wildman–Crippen LogP) is -1.03. The summed E-state index contributed by atoms with van der Waals surface area (Å²) in [6, 6.07) is 1.40. The molecular formula is C24H39N5O7. The minimum atomic E-state index is -1.22. The maximum atomic E-state index is 13.2. The van der Waals surface area contributed by atoms with Gasteiger partial charge in [-0.05, 0) is 49.4 Å². The van der Waals surface area contributed by atoms with Crippen LogP contribution in [0.3, 0.4) is 0 Å². The summed E-state index contributed by atoms with van der Waals surface area (Å²) in [6.45, 7) is 3.35. The summed E-state index contributed by atoms with van der Waals surface area (Å²) in [6.07, 6.45) is 1.78. The Morgan fingerprint density at radius 3 is 2.08 bits per heavy atom. The van der Waals surface area contributed by atoms with Crippen LogP contribution in [0.4, 0.5) is 0 Å². The highest BCUT2D eigenvalue weighted by Crippen LogP contribution is 2.13. The molecule has 12 heteroatoms. The third kappa shape index (κ3) is 10.2. The number of amides is 3. The molecule has 12 nitrogen and oxygen atoms in total. The van der Waals surface area contributed by atoms with Crippen LogP contribution in [0.1, 0.15) is 45.1 Å². The number of rotatable bonds is 16. The molecule has 0 saturated carbocycles. The number of phenols is 1. The molecule has 1 aromatic carbocycles. The van der Waals surface area contributed by atoms with Crippen LogP contribution in [-0.2, 0) is 25.6 Å². The number of nitrogens with two attached hydrogens (primary N) is 2. The van der Waals surface area contributed by atoms with Gasteiger partial charge in [-0.3, -0.25) is 14.4 Å². The summed E-state index contributed by atoms with van der Waals surface area (Å²) in [7, 11) is 0. The van der Waals surface area contributed by atoms with Gasteiger partial charge in [0.25, 0.3) is 0 Å². The lowest BCUT2D eigenvalue weighted by Crippen LogP contribution is -2.59. The molecule has 1 aromatic rings. The number of benzene rings is 1. The second kappa shape index (κ2) is 15.7. The Labute approximate surface area is 210 Å². The molecule has 0 aromatic heterocycles. The maximum absolute atomic E-state index is 13.2. The number of aliphatic hydroxyl groups is 1. The molecule has 0 aliphatic heterocycles. The minimum Gasteiger partial charge on any atom is -0.508 e. The van der Waals surface area contributed by atoms with E-state index in [1.54, 1.807) is 19.1 Å². The van der Waals surface area contributed by atoms with Gasteiger partial charge in [0.1, 0.15) is 29.9 Å². The third-order valence-corrected chi connectivity index (χ3v) is 5.90. The number of carboxylic acids is 1. The van der Waals surface area contributed by atoms with Crippen LogP contribution >= 0.6 is 0 Å². The molecule has 0 aliphatic rings. The monoisotopic (exact) mass is 509 g/mol. The molecule has 0 heterocycles. The second-order valence-corrected chi connectivity index (χ2v) is 8.78. The number of carboxylic acid groups (broad SMARTS) is 1. The van der Waals surface area contributed by atoms with E-state index in [0.717, 1.165) is 0 Å². The fourth-order valence-electron chi connectivity index (χ4n) is 3.41. The average Bonchev–Trinajstić information content (AvgIpc) is 2.86. The Morgan fingerprint density at radius 2 is 1.56 bits per heavy atom. The van der Waals surface area contributed by atoms with E-state index >= 15 is 0 Å². The first-order valence-corrected chi connectivity index (χ1v) is 12.0. The Morgan fingerprint density at radius 1 is 0.944 bits per heavy atom. The van der Waals surface area contributed by atoms with E-state index in [4.69, 9.17) is 16.6 Å². The van der Waals surface area contributed by atoms with Gasteiger partial charge in [-0.2, -0.15) is 0 Å². The molecule has 0 saturated heterocycles. The van der Waals surface area contributed by atoms with Gasteiger partial charge in [0.05, 0.1) is 6.61 Å². The molecule has 0 aliphatic carbocycles. The molecule has 5 atom stereocenters. The number of hydrogen-bond donors (Lipinski definition) is 8. The fourth-order valence-corrected chi connectivity index (χ4v) is 3.41. The summed E-state index contributed by atoms with van der Waals surface area (Å²) in [4.78, 5) is 50.3. The summed E-state index contributed by atoms with van der Waals surface area (Å²) in [5, 5.41) is 35.9. The number of aromatic hydroxyl groups is 1. The number of carbonyl (C=O) groups excluding carboxylic acids is 3. The van der Waals surface area contributed by atoms with Crippen molar-refractivity contribution in [2.45, 2.75) is 70.1 Å². The minimum absolute atomic E-state index is 0.00428. The summed E-state index contributed by atoms with van der Waals surface area (Å²) < 4.78 is 0. The van der Waals surface area contributed by atoms with Crippen molar-refractivity contribution in [1.29, 1.82) is 0 Å². The summed E-state index contributed by atoms with van der Waals surface area (Å²) in [5.41, 5.74) is 11.6. The van der Waals surface area contributed by atoms with Gasteiger partial charge >= 0.3 is 5.97 Å². The Hall–Kier alpha value is -3.22. The van der Waals surface area contributed by atoms with E-state index in [1.807, 2.05) is 6.92 Å². The number of hydrogen-bond acceptors (Lipinski definition) is 8. The van der Waals surface area contributed by atoms with E-state index in [2.05, 4.69) is 16.0 Å². The van der Waals surface area contributed by atoms with Crippen LogP contribution in [0.5, 0.6) is 5.75 Å². The van der Waals surface area contributed by atoms with E-state index in [1.165, 1.54) is 12.1 Å². The van der Waals surface area contributed by atoms with Crippen molar-refractivity contribution < 1.29 is 34.5 Å². The molecule has 36 heavy (non-hydrogen) atoms. The lowest BCUT2D eigenvalue weighted by atomic mass is 9.96. The van der Waals surface area contributed by atoms with E-state index < -0.39 is 54.5 Å². The fraction of sp³-hybridized carbons (Fsp3) is 0.583. The van der Waals surface area contributed by atoms with Crippen LogP contribution in [-0.4, -0.2) is 76.3 Å². The largest absolute Gasteiger partial charge is 0.508 e. The molecule has 202 valence electrons. The van der Waals surface area contributed by atoms with Crippen molar-refractivity contribution in [3.05, 3.63) is 29.8 Å². The van der Waals surface area contributed by atoms with Crippen molar-refractivity contribution in [3.63, 3.8) is 0 Å². The molecule has 0 radical (unpaired) electrons. The Balaban J connectivity index is 3.15. The van der Waals surface area contributed by atoms with Crippen LogP contribution in [0.2, 0.25) is 0 Å². The van der Waals surface area contributed by atoms with Crippen LogP contribution < -0.4 is 27.4 Å². The maximum Gasteiger partial charge on any atom is 0.326 e. The summed E-state index contributed by atoms with van der Waals surface area (Å²) in [5.74, 6) is -3.61. The number of phenolic OH excluding ortho intramolecular Hbond substituents is 1. The zero-order valence-electron chi connectivity index (χ0n) is 20.8. The van der Waals surface area contributed by atoms with Crippen molar-refractivity contribution >= 4 is 23.7 Å². The number of nitrogens with one attached hydrogen (secondary N) is 3. The topological polar surface area (TPSA) is 217 Å². The Bertz CT molecular complexity index is 865. The third-order valence-electron chi connectivity index (χ3n) is 5.90. The van der Waals surface area contributed by atoms with E-state index in [0.29, 0.717) is 31.4 Å². The molecule has 10 N–H and O–H groups in total. The van der Waals surface area contributed by atoms with Gasteiger partial charge < -0.3 is 42.7 Å². The van der Waals surface area contributed by atoms with Crippen LogP contribution in [0.15, 0.2) is 24.3 Å². The van der Waals surface area contributed by atoms with Gasteiger partial charge in [-0.1, -0.05) is 32.4 Å². The first-order chi connectivity index (χ1) is 17.0. The van der Waals surface area contributed by atoms with Gasteiger partial charge in [-0.25, -0.2) is 4.79 Å². The molecule has 1 rings (SSSR count). The van der Waals surface area contributed by atoms with Crippen molar-refractivity contribution in [1.82, 2.24) is 16.0 Å². The SMILES string of the molecule is CCC(C)C(NC(=O)C(N)CO)C(=O)NC(Cc1ccc(O)cc1)C(=O)NC(CCCCN)C(=O)O. The van der Waals surface area contributed by atoms with Crippen molar-refractivity contribution in [2.24, 2.45) is 17.4 Å². The van der Waals surface area contributed by atoms with E-state index in [9.17, 15) is 29.4 Å². The highest BCUT2D eigenvalue weighted by molar-refractivity contribution is 5.94. The molecule has 0 spiro atoms. The standard InChI is InChI=1S/C24H39N5O7/c1-3-14(2)20(29-21(32)17(26)13-30)23(34)28-19(12-15-7-9-16(31)10-8-15)22(33)27-18(24(35)36)6-4-5-11-25/h7-10,14,17-20,30-31H,3-6,11-13,25-26H2,1-2H3,(H,27,33)(H,28,34)(H,29,32)(H,35,36). The summed E-state index contributed by atoms with van der Waals surface area (Å²) >= 11 is 0. The highest BCUT2D eigenvalue weighted by Gasteiger charge is 2.32. The number of aliphatic hydroxyl groups excluding tert-OH is 1. The number of carbonyl (C=O) groups is 4. The molecule has 0 bridgehead atoms. The van der Waals surface area contributed by atoms with Gasteiger partial charge in [-0.15, -0.1) is 0 Å². The van der Waals surface area contributed by atoms with Crippen LogP contribution in [0, 0.1) is 5.92 Å². The van der Waals surface area contributed by atoms with Crippen molar-refractivity contribution in [2.75, 3.05) is 13.2 Å². The van der Waals surface area contributed by atoms with E-state index in [-0.39, 0.29) is 24.5 Å². The lowest BCUT2D eigenvalue weighted by molar-refractivity contribution is -0.142. The lowest BCUT2D eigenvalue weighted by Gasteiger charge is -2.28. The molecule has 0 fully saturated rings. The van der Waals surface area contributed by atoms with Gasteiger partial charge in [0, 0.05) is 6.42 Å². The molecular weight excluding hydrogens is 470 g/mol. The van der Waals surface area contributed by atoms with Crippen molar-refractivity contribution in [3.8, 4) is 5.75 Å². The van der Waals surface area contributed by atoms with Gasteiger partial charge in [0.15, 0.2) is 0 Å². The molecule has 5 unspecified atom stereocenters. The average molecular weight is 510 g/mol. The van der Waals surface area contributed by atoms with Crippen LogP contribution in [0.25, 0.3) is 0 Å². The first-order valence-electron chi connectivity index (χ1n) is 12.0.